The molecule has 2 aliphatic heterocycles. The van der Waals surface area contributed by atoms with Crippen molar-refractivity contribution in [2.24, 2.45) is 0 Å². The summed E-state index contributed by atoms with van der Waals surface area (Å²) in [6.07, 6.45) is 3.97. The van der Waals surface area contributed by atoms with Gasteiger partial charge in [0.25, 0.3) is 0 Å². The van der Waals surface area contributed by atoms with Gasteiger partial charge in [-0.1, -0.05) is 6.07 Å². The molecule has 0 bridgehead atoms. The van der Waals surface area contributed by atoms with Gasteiger partial charge in [0.05, 0.1) is 10.5 Å². The van der Waals surface area contributed by atoms with Crippen molar-refractivity contribution >= 4 is 15.7 Å². The van der Waals surface area contributed by atoms with Crippen LogP contribution in [0.5, 0.6) is 0 Å². The first-order valence-corrected chi connectivity index (χ1v) is 8.97. The average Bonchev–Trinajstić information content (AvgIpc) is 2.92. The molecule has 0 aliphatic carbocycles. The minimum Gasteiger partial charge on any atom is -0.385 e. The monoisotopic (exact) mass is 310 g/mol. The van der Waals surface area contributed by atoms with E-state index >= 15 is 0 Å². The Morgan fingerprint density at radius 3 is 3.00 bits per heavy atom. The van der Waals surface area contributed by atoms with Crippen molar-refractivity contribution in [2.45, 2.75) is 43.1 Å². The van der Waals surface area contributed by atoms with Crippen LogP contribution >= 0.6 is 0 Å². The molecule has 3 rings (SSSR count). The fourth-order valence-corrected chi connectivity index (χ4v) is 4.10. The van der Waals surface area contributed by atoms with Gasteiger partial charge in [-0.05, 0) is 50.3 Å². The minimum atomic E-state index is -3.49. The van der Waals surface area contributed by atoms with Crippen LogP contribution in [0.1, 0.15) is 31.7 Å². The molecule has 2 N–H and O–H groups in total. The lowest BCUT2D eigenvalue weighted by atomic mass is 10.0. The SMILES string of the molecule is CC1(CNS(=O)(=O)c2ccc3c(c2)NCCC3)CCCO1. The van der Waals surface area contributed by atoms with Crippen LogP contribution in [-0.2, 0) is 21.2 Å². The van der Waals surface area contributed by atoms with Gasteiger partial charge in [0.1, 0.15) is 0 Å². The summed E-state index contributed by atoms with van der Waals surface area (Å²) >= 11 is 0. The van der Waals surface area contributed by atoms with Crippen molar-refractivity contribution < 1.29 is 13.2 Å². The summed E-state index contributed by atoms with van der Waals surface area (Å²) in [5, 5.41) is 3.26. The summed E-state index contributed by atoms with van der Waals surface area (Å²) in [6.45, 7) is 3.88. The number of nitrogens with one attached hydrogen (secondary N) is 2. The van der Waals surface area contributed by atoms with Crippen molar-refractivity contribution in [3.63, 3.8) is 0 Å². The number of fused-ring (bicyclic) bond motifs is 1. The number of hydrogen-bond acceptors (Lipinski definition) is 4. The molecule has 1 aromatic rings. The molecule has 1 fully saturated rings. The number of sulfonamides is 1. The zero-order chi connectivity index (χ0) is 14.9. The first-order chi connectivity index (χ1) is 9.99. The third-order valence-electron chi connectivity index (χ3n) is 4.27. The molecule has 0 saturated carbocycles. The zero-order valence-electron chi connectivity index (χ0n) is 12.3. The van der Waals surface area contributed by atoms with Gasteiger partial charge in [-0.25, -0.2) is 13.1 Å². The Kier molecular flexibility index (Phi) is 3.94. The van der Waals surface area contributed by atoms with Gasteiger partial charge < -0.3 is 10.1 Å². The maximum atomic E-state index is 12.4. The molecule has 1 saturated heterocycles. The summed E-state index contributed by atoms with van der Waals surface area (Å²) in [6, 6.07) is 5.32. The van der Waals surface area contributed by atoms with Crippen LogP contribution in [0.25, 0.3) is 0 Å². The largest absolute Gasteiger partial charge is 0.385 e. The summed E-state index contributed by atoms with van der Waals surface area (Å²) < 4.78 is 33.2. The molecule has 1 unspecified atom stereocenters. The van der Waals surface area contributed by atoms with E-state index in [9.17, 15) is 8.42 Å². The van der Waals surface area contributed by atoms with E-state index in [1.54, 1.807) is 12.1 Å². The lowest BCUT2D eigenvalue weighted by Crippen LogP contribution is -2.40. The molecule has 1 aromatic carbocycles. The van der Waals surface area contributed by atoms with Crippen molar-refractivity contribution in [3.8, 4) is 0 Å². The van der Waals surface area contributed by atoms with Crippen LogP contribution in [0.3, 0.4) is 0 Å². The lowest BCUT2D eigenvalue weighted by molar-refractivity contribution is 0.0250. The second kappa shape index (κ2) is 5.59. The standard InChI is InChI=1S/C15H22N2O3S/c1-15(7-3-9-20-15)11-17-21(18,19)13-6-5-12-4-2-8-16-14(12)10-13/h5-6,10,16-17H,2-4,7-9,11H2,1H3. The lowest BCUT2D eigenvalue weighted by Gasteiger charge is -2.24. The minimum absolute atomic E-state index is 0.317. The maximum Gasteiger partial charge on any atom is 0.240 e. The van der Waals surface area contributed by atoms with Crippen LogP contribution in [0.15, 0.2) is 23.1 Å². The Balaban J connectivity index is 1.75. The Morgan fingerprint density at radius 1 is 1.38 bits per heavy atom. The van der Waals surface area contributed by atoms with E-state index in [2.05, 4.69) is 10.0 Å². The Labute approximate surface area is 126 Å². The van der Waals surface area contributed by atoms with E-state index in [4.69, 9.17) is 4.74 Å². The number of anilines is 1. The Morgan fingerprint density at radius 2 is 2.24 bits per heavy atom. The third-order valence-corrected chi connectivity index (χ3v) is 5.67. The van der Waals surface area contributed by atoms with E-state index < -0.39 is 10.0 Å². The predicted molar refractivity (Wildman–Crippen MR) is 82.0 cm³/mol. The van der Waals surface area contributed by atoms with Gasteiger partial charge in [0.15, 0.2) is 0 Å². The molecule has 0 aromatic heterocycles. The van der Waals surface area contributed by atoms with Crippen molar-refractivity contribution in [1.82, 2.24) is 4.72 Å². The topological polar surface area (TPSA) is 67.4 Å². The number of rotatable bonds is 4. The summed E-state index contributed by atoms with van der Waals surface area (Å²) in [7, 11) is -3.49. The van der Waals surface area contributed by atoms with Crippen LogP contribution in [-0.4, -0.2) is 33.7 Å². The number of benzene rings is 1. The quantitative estimate of drug-likeness (QED) is 0.891. The van der Waals surface area contributed by atoms with E-state index in [0.29, 0.717) is 18.0 Å². The summed E-state index contributed by atoms with van der Waals surface area (Å²) in [4.78, 5) is 0.317. The second-order valence-corrected chi connectivity index (χ2v) is 7.84. The summed E-state index contributed by atoms with van der Waals surface area (Å²) in [5.41, 5.74) is 1.75. The van der Waals surface area contributed by atoms with Gasteiger partial charge in [-0.3, -0.25) is 0 Å². The van der Waals surface area contributed by atoms with Crippen molar-refractivity contribution in [1.29, 1.82) is 0 Å². The maximum absolute atomic E-state index is 12.4. The smallest absolute Gasteiger partial charge is 0.240 e. The molecule has 1 atom stereocenters. The van der Waals surface area contributed by atoms with Gasteiger partial charge in [0.2, 0.25) is 10.0 Å². The highest BCUT2D eigenvalue weighted by Gasteiger charge is 2.31. The molecule has 0 spiro atoms. The molecule has 21 heavy (non-hydrogen) atoms. The van der Waals surface area contributed by atoms with Gasteiger partial charge in [0, 0.05) is 25.4 Å². The highest BCUT2D eigenvalue weighted by atomic mass is 32.2. The molecule has 116 valence electrons. The summed E-state index contributed by atoms with van der Waals surface area (Å²) in [5.74, 6) is 0. The molecule has 6 heteroatoms. The van der Waals surface area contributed by atoms with E-state index in [-0.39, 0.29) is 5.60 Å². The molecular formula is C15H22N2O3S. The van der Waals surface area contributed by atoms with Gasteiger partial charge >= 0.3 is 0 Å². The molecule has 0 amide bonds. The number of ether oxygens (including phenoxy) is 1. The van der Waals surface area contributed by atoms with Crippen molar-refractivity contribution in [3.05, 3.63) is 23.8 Å². The highest BCUT2D eigenvalue weighted by molar-refractivity contribution is 7.89. The van der Waals surface area contributed by atoms with Crippen LogP contribution in [0.2, 0.25) is 0 Å². The van der Waals surface area contributed by atoms with Crippen LogP contribution in [0, 0.1) is 0 Å². The zero-order valence-corrected chi connectivity index (χ0v) is 13.1. The molecule has 2 heterocycles. The first kappa shape index (κ1) is 14.8. The molecular weight excluding hydrogens is 288 g/mol. The number of aryl methyl sites for hydroxylation is 1. The second-order valence-electron chi connectivity index (χ2n) is 6.08. The molecule has 0 radical (unpaired) electrons. The average molecular weight is 310 g/mol. The Hall–Kier alpha value is -1.11. The van der Waals surface area contributed by atoms with Gasteiger partial charge in [-0.15, -0.1) is 0 Å². The van der Waals surface area contributed by atoms with Crippen molar-refractivity contribution in [2.75, 3.05) is 25.0 Å². The van der Waals surface area contributed by atoms with Gasteiger partial charge in [-0.2, -0.15) is 0 Å². The third kappa shape index (κ3) is 3.22. The van der Waals surface area contributed by atoms with Crippen LogP contribution < -0.4 is 10.0 Å². The fourth-order valence-electron chi connectivity index (χ4n) is 2.91. The highest BCUT2D eigenvalue weighted by Crippen LogP contribution is 2.27. The van der Waals surface area contributed by atoms with E-state index in [1.807, 2.05) is 13.0 Å². The Bertz CT molecular complexity index is 622. The fraction of sp³-hybridized carbons (Fsp3) is 0.600. The van der Waals surface area contributed by atoms with Crippen LogP contribution in [0.4, 0.5) is 5.69 Å². The first-order valence-electron chi connectivity index (χ1n) is 7.49. The number of hydrogen-bond donors (Lipinski definition) is 2. The van der Waals surface area contributed by atoms with E-state index in [1.165, 1.54) is 5.56 Å². The molecule has 2 aliphatic rings. The normalized spacial score (nSPS) is 25.4. The predicted octanol–water partition coefficient (Wildman–Crippen LogP) is 1.89. The van der Waals surface area contributed by atoms with E-state index in [0.717, 1.165) is 37.9 Å². The molecule has 5 nitrogen and oxygen atoms in total.